The van der Waals surface area contributed by atoms with Gasteiger partial charge in [0, 0.05) is 18.1 Å². The van der Waals surface area contributed by atoms with Gasteiger partial charge >= 0.3 is 0 Å². The Morgan fingerprint density at radius 1 is 1.15 bits per heavy atom. The molecule has 106 valence electrons. The lowest BCUT2D eigenvalue weighted by Crippen LogP contribution is -2.25. The maximum absolute atomic E-state index is 4.36. The molecule has 0 saturated heterocycles. The van der Waals surface area contributed by atoms with Crippen molar-refractivity contribution in [3.05, 3.63) is 42.1 Å². The van der Waals surface area contributed by atoms with Crippen LogP contribution in [0.3, 0.4) is 0 Å². The normalized spacial score (nSPS) is 23.1. The average Bonchev–Trinajstić information content (AvgIpc) is 2.49. The highest BCUT2D eigenvalue weighted by Crippen LogP contribution is 2.27. The average molecular weight is 268 g/mol. The van der Waals surface area contributed by atoms with Gasteiger partial charge in [0.1, 0.15) is 0 Å². The van der Waals surface area contributed by atoms with Crippen molar-refractivity contribution in [3.8, 4) is 0 Å². The highest BCUT2D eigenvalue weighted by Gasteiger charge is 2.17. The molecule has 1 aromatic heterocycles. The van der Waals surface area contributed by atoms with Crippen LogP contribution in [0.5, 0.6) is 0 Å². The molecule has 1 aliphatic carbocycles. The number of fused-ring (bicyclic) bond motifs is 1. The van der Waals surface area contributed by atoms with E-state index in [-0.39, 0.29) is 0 Å². The van der Waals surface area contributed by atoms with Crippen LogP contribution in [-0.4, -0.2) is 11.5 Å². The van der Waals surface area contributed by atoms with Crippen LogP contribution in [0.4, 0.5) is 0 Å². The van der Waals surface area contributed by atoms with E-state index in [1.54, 1.807) is 0 Å². The lowest BCUT2D eigenvalue weighted by molar-refractivity contribution is 0.281. The van der Waals surface area contributed by atoms with Gasteiger partial charge in [-0.3, -0.25) is 4.98 Å². The molecule has 0 spiro atoms. The molecule has 1 saturated carbocycles. The van der Waals surface area contributed by atoms with Crippen molar-refractivity contribution in [2.45, 2.75) is 39.2 Å². The predicted molar refractivity (Wildman–Crippen MR) is 84.6 cm³/mol. The third kappa shape index (κ3) is 3.37. The smallest absolute Gasteiger partial charge is 0.0702 e. The second kappa shape index (κ2) is 6.36. The van der Waals surface area contributed by atoms with Gasteiger partial charge in [-0.05, 0) is 55.0 Å². The van der Waals surface area contributed by atoms with Gasteiger partial charge in [-0.1, -0.05) is 31.9 Å². The third-order valence-electron chi connectivity index (χ3n) is 4.56. The molecule has 1 aromatic carbocycles. The molecule has 2 heteroatoms. The predicted octanol–water partition coefficient (Wildman–Crippen LogP) is 4.15. The summed E-state index contributed by atoms with van der Waals surface area (Å²) in [4.78, 5) is 4.36. The number of rotatable bonds is 4. The molecular weight excluding hydrogens is 244 g/mol. The topological polar surface area (TPSA) is 24.9 Å². The fourth-order valence-corrected chi connectivity index (χ4v) is 3.19. The van der Waals surface area contributed by atoms with Gasteiger partial charge in [0.25, 0.3) is 0 Å². The van der Waals surface area contributed by atoms with E-state index in [2.05, 4.69) is 41.5 Å². The molecule has 0 amide bonds. The minimum Gasteiger partial charge on any atom is -0.312 e. The van der Waals surface area contributed by atoms with E-state index < -0.39 is 0 Å². The van der Waals surface area contributed by atoms with Crippen LogP contribution < -0.4 is 5.32 Å². The molecule has 2 nitrogen and oxygen atoms in total. The minimum absolute atomic E-state index is 0.883. The number of nitrogens with zero attached hydrogens (tertiary/aromatic N) is 1. The van der Waals surface area contributed by atoms with Crippen LogP contribution in [0, 0.1) is 11.8 Å². The van der Waals surface area contributed by atoms with Gasteiger partial charge < -0.3 is 5.32 Å². The van der Waals surface area contributed by atoms with Gasteiger partial charge in [0.15, 0.2) is 0 Å². The first-order valence-corrected chi connectivity index (χ1v) is 7.85. The summed E-state index contributed by atoms with van der Waals surface area (Å²) in [5, 5.41) is 4.87. The van der Waals surface area contributed by atoms with Crippen molar-refractivity contribution in [1.82, 2.24) is 10.3 Å². The molecule has 0 bridgehead atoms. The van der Waals surface area contributed by atoms with E-state index in [1.165, 1.54) is 36.6 Å². The first kappa shape index (κ1) is 13.6. The molecule has 1 N–H and O–H groups in total. The first-order valence-electron chi connectivity index (χ1n) is 7.85. The Morgan fingerprint density at radius 3 is 2.85 bits per heavy atom. The van der Waals surface area contributed by atoms with Crippen LogP contribution in [0.2, 0.25) is 0 Å². The number of hydrogen-bond donors (Lipinski definition) is 1. The number of hydrogen-bond acceptors (Lipinski definition) is 2. The molecule has 3 rings (SSSR count). The van der Waals surface area contributed by atoms with Crippen molar-refractivity contribution in [1.29, 1.82) is 0 Å². The first-order chi connectivity index (χ1) is 9.81. The Bertz CT molecular complexity index is 556. The Balaban J connectivity index is 1.52. The molecule has 0 unspecified atom stereocenters. The van der Waals surface area contributed by atoms with Crippen molar-refractivity contribution in [3.63, 3.8) is 0 Å². The second-order valence-electron chi connectivity index (χ2n) is 6.29. The Kier molecular flexibility index (Phi) is 4.31. The molecule has 1 fully saturated rings. The standard InChI is InChI=1S/C18H24N2/c1-14-4-6-15(7-5-14)12-19-13-16-8-9-18-17(11-16)3-2-10-20-18/h2-3,8-11,14-15,19H,4-7,12-13H2,1H3. The lowest BCUT2D eigenvalue weighted by Gasteiger charge is -2.26. The van der Waals surface area contributed by atoms with E-state index in [1.807, 2.05) is 12.3 Å². The summed E-state index contributed by atoms with van der Waals surface area (Å²) in [5.41, 5.74) is 2.44. The van der Waals surface area contributed by atoms with Crippen LogP contribution in [0.1, 0.15) is 38.2 Å². The molecule has 1 heterocycles. The number of pyridine rings is 1. The van der Waals surface area contributed by atoms with E-state index in [0.29, 0.717) is 0 Å². The number of aromatic nitrogens is 1. The van der Waals surface area contributed by atoms with Crippen molar-refractivity contribution in [2.24, 2.45) is 11.8 Å². The molecular formula is C18H24N2. The van der Waals surface area contributed by atoms with Crippen molar-refractivity contribution in [2.75, 3.05) is 6.54 Å². The molecule has 0 aliphatic heterocycles. The van der Waals surface area contributed by atoms with Crippen LogP contribution in [0.15, 0.2) is 36.5 Å². The van der Waals surface area contributed by atoms with Crippen LogP contribution in [-0.2, 0) is 6.54 Å². The zero-order valence-electron chi connectivity index (χ0n) is 12.3. The third-order valence-corrected chi connectivity index (χ3v) is 4.56. The van der Waals surface area contributed by atoms with Crippen molar-refractivity contribution < 1.29 is 0 Å². The van der Waals surface area contributed by atoms with E-state index in [9.17, 15) is 0 Å². The largest absolute Gasteiger partial charge is 0.312 e. The molecule has 20 heavy (non-hydrogen) atoms. The fraction of sp³-hybridized carbons (Fsp3) is 0.500. The zero-order valence-corrected chi connectivity index (χ0v) is 12.3. The molecule has 2 aromatic rings. The summed E-state index contributed by atoms with van der Waals surface area (Å²) in [6.45, 7) is 4.52. The minimum atomic E-state index is 0.883. The van der Waals surface area contributed by atoms with Gasteiger partial charge in [0.05, 0.1) is 5.52 Å². The van der Waals surface area contributed by atoms with Gasteiger partial charge in [-0.15, -0.1) is 0 Å². The lowest BCUT2D eigenvalue weighted by atomic mass is 9.83. The summed E-state index contributed by atoms with van der Waals surface area (Å²) < 4.78 is 0. The summed E-state index contributed by atoms with van der Waals surface area (Å²) in [5.74, 6) is 1.83. The highest BCUT2D eigenvalue weighted by molar-refractivity contribution is 5.78. The second-order valence-corrected chi connectivity index (χ2v) is 6.29. The number of benzene rings is 1. The maximum Gasteiger partial charge on any atom is 0.0702 e. The van der Waals surface area contributed by atoms with Gasteiger partial charge in [-0.2, -0.15) is 0 Å². The summed E-state index contributed by atoms with van der Waals surface area (Å²) in [7, 11) is 0. The van der Waals surface area contributed by atoms with E-state index >= 15 is 0 Å². The zero-order chi connectivity index (χ0) is 13.8. The number of nitrogens with one attached hydrogen (secondary N) is 1. The van der Waals surface area contributed by atoms with E-state index in [4.69, 9.17) is 0 Å². The monoisotopic (exact) mass is 268 g/mol. The van der Waals surface area contributed by atoms with Crippen LogP contribution in [0.25, 0.3) is 10.9 Å². The van der Waals surface area contributed by atoms with Crippen molar-refractivity contribution >= 4 is 10.9 Å². The van der Waals surface area contributed by atoms with Crippen LogP contribution >= 0.6 is 0 Å². The Morgan fingerprint density at radius 2 is 2.00 bits per heavy atom. The Labute approximate surface area is 121 Å². The Hall–Kier alpha value is -1.41. The highest BCUT2D eigenvalue weighted by atomic mass is 14.9. The van der Waals surface area contributed by atoms with Gasteiger partial charge in [-0.25, -0.2) is 0 Å². The summed E-state index contributed by atoms with van der Waals surface area (Å²) in [6, 6.07) is 10.7. The maximum atomic E-state index is 4.36. The molecule has 1 aliphatic rings. The van der Waals surface area contributed by atoms with Gasteiger partial charge in [0.2, 0.25) is 0 Å². The molecule has 0 atom stereocenters. The quantitative estimate of drug-likeness (QED) is 0.901. The van der Waals surface area contributed by atoms with E-state index in [0.717, 1.165) is 30.4 Å². The summed E-state index contributed by atoms with van der Waals surface area (Å²) in [6.07, 6.45) is 7.47. The molecule has 0 radical (unpaired) electrons. The SMILES string of the molecule is CC1CCC(CNCc2ccc3ncccc3c2)CC1. The summed E-state index contributed by atoms with van der Waals surface area (Å²) >= 11 is 0. The fourth-order valence-electron chi connectivity index (χ4n) is 3.19.